The monoisotopic (exact) mass is 411 g/mol. The molecule has 0 fully saturated rings. The van der Waals surface area contributed by atoms with Gasteiger partial charge in [0.05, 0.1) is 27.5 Å². The van der Waals surface area contributed by atoms with Crippen LogP contribution in [0.5, 0.6) is 23.0 Å². The molecule has 0 saturated heterocycles. The lowest BCUT2D eigenvalue weighted by Crippen LogP contribution is -2.23. The quantitative estimate of drug-likeness (QED) is 0.390. The molecule has 150 valence electrons. The third kappa shape index (κ3) is 5.95. The molecule has 0 aliphatic heterocycles. The van der Waals surface area contributed by atoms with Gasteiger partial charge in [0.25, 0.3) is 0 Å². The molecule has 10 heteroatoms. The molecule has 0 amide bonds. The number of methoxy groups -OCH3 is 3. The van der Waals surface area contributed by atoms with Gasteiger partial charge >= 0.3 is 6.61 Å². The Labute approximate surface area is 166 Å². The number of alkyl halides is 2. The highest BCUT2D eigenvalue weighted by molar-refractivity contribution is 7.80. The molecular weight excluding hydrogens is 392 g/mol. The number of thiocarbonyl (C=S) groups is 1. The average molecular weight is 411 g/mol. The molecule has 2 aromatic rings. The number of rotatable bonds is 8. The summed E-state index contributed by atoms with van der Waals surface area (Å²) in [5, 5.41) is 7.13. The summed E-state index contributed by atoms with van der Waals surface area (Å²) in [6, 6.07) is 9.72. The molecule has 2 aromatic carbocycles. The number of anilines is 1. The number of nitrogens with zero attached hydrogens (tertiary/aromatic N) is 1. The number of hydrogen-bond donors (Lipinski definition) is 2. The van der Waals surface area contributed by atoms with Crippen LogP contribution < -0.4 is 29.7 Å². The minimum atomic E-state index is -2.96. The van der Waals surface area contributed by atoms with Crippen LogP contribution in [0.15, 0.2) is 41.5 Å². The predicted molar refractivity (Wildman–Crippen MR) is 106 cm³/mol. The highest BCUT2D eigenvalue weighted by atomic mass is 32.1. The predicted octanol–water partition coefficient (Wildman–Crippen LogP) is 3.63. The Kier molecular flexibility index (Phi) is 7.76. The maximum atomic E-state index is 12.5. The molecule has 28 heavy (non-hydrogen) atoms. The van der Waals surface area contributed by atoms with Gasteiger partial charge in [-0.1, -0.05) is 0 Å². The minimum absolute atomic E-state index is 0.0903. The lowest BCUT2D eigenvalue weighted by Gasteiger charge is -2.11. The van der Waals surface area contributed by atoms with Crippen LogP contribution in [0.3, 0.4) is 0 Å². The van der Waals surface area contributed by atoms with Gasteiger partial charge in [-0.2, -0.15) is 13.9 Å². The van der Waals surface area contributed by atoms with Crippen LogP contribution in [0.4, 0.5) is 14.5 Å². The topological polar surface area (TPSA) is 73.3 Å². The Morgan fingerprint density at radius 3 is 2.25 bits per heavy atom. The van der Waals surface area contributed by atoms with Crippen molar-refractivity contribution in [3.63, 3.8) is 0 Å². The van der Waals surface area contributed by atoms with Crippen molar-refractivity contribution in [3.8, 4) is 23.0 Å². The highest BCUT2D eigenvalue weighted by Crippen LogP contribution is 2.30. The summed E-state index contributed by atoms with van der Waals surface area (Å²) in [5.74, 6) is 1.23. The lowest BCUT2D eigenvalue weighted by molar-refractivity contribution is -0.0512. The molecular formula is C18H19F2N3O4S. The molecule has 0 aliphatic rings. The van der Waals surface area contributed by atoms with E-state index in [1.165, 1.54) is 32.6 Å². The second kappa shape index (κ2) is 10.3. The normalized spacial score (nSPS) is 10.6. The number of halogens is 2. The van der Waals surface area contributed by atoms with E-state index < -0.39 is 6.61 Å². The summed E-state index contributed by atoms with van der Waals surface area (Å²) in [4.78, 5) is 0. The summed E-state index contributed by atoms with van der Waals surface area (Å²) < 4.78 is 44.7. The summed E-state index contributed by atoms with van der Waals surface area (Å²) in [6.45, 7) is -2.96. The second-order valence-electron chi connectivity index (χ2n) is 5.18. The van der Waals surface area contributed by atoms with Crippen LogP contribution in [-0.4, -0.2) is 39.3 Å². The van der Waals surface area contributed by atoms with Crippen molar-refractivity contribution >= 4 is 29.2 Å². The first-order valence-electron chi connectivity index (χ1n) is 7.91. The first-order valence-corrected chi connectivity index (χ1v) is 8.32. The van der Waals surface area contributed by atoms with Crippen LogP contribution in [0.1, 0.15) is 5.56 Å². The van der Waals surface area contributed by atoms with Gasteiger partial charge in [0.1, 0.15) is 0 Å². The third-order valence-electron chi connectivity index (χ3n) is 3.42. The van der Waals surface area contributed by atoms with Crippen LogP contribution in [0.2, 0.25) is 0 Å². The molecule has 0 unspecified atom stereocenters. The fourth-order valence-electron chi connectivity index (χ4n) is 2.20. The van der Waals surface area contributed by atoms with Crippen molar-refractivity contribution in [3.05, 3.63) is 42.0 Å². The van der Waals surface area contributed by atoms with E-state index in [-0.39, 0.29) is 16.6 Å². The van der Waals surface area contributed by atoms with Crippen molar-refractivity contribution in [1.29, 1.82) is 0 Å². The molecule has 0 aliphatic carbocycles. The SMILES string of the molecule is COc1ccc(NC(=S)N/N=C\c2ccc(OC)c(OC(F)F)c2)cc1OC. The molecule has 0 atom stereocenters. The van der Waals surface area contributed by atoms with Gasteiger partial charge in [0.15, 0.2) is 28.1 Å². The number of hydrazone groups is 1. The van der Waals surface area contributed by atoms with E-state index in [1.807, 2.05) is 0 Å². The fraction of sp³-hybridized carbons (Fsp3) is 0.222. The Hall–Kier alpha value is -3.14. The van der Waals surface area contributed by atoms with Gasteiger partial charge < -0.3 is 24.3 Å². The van der Waals surface area contributed by atoms with Crippen LogP contribution >= 0.6 is 12.2 Å². The number of ether oxygens (including phenoxy) is 4. The van der Waals surface area contributed by atoms with Crippen LogP contribution in [0, 0.1) is 0 Å². The molecule has 2 N–H and O–H groups in total. The Morgan fingerprint density at radius 2 is 1.61 bits per heavy atom. The first kappa shape index (κ1) is 21.2. The maximum Gasteiger partial charge on any atom is 0.387 e. The zero-order valence-corrected chi connectivity index (χ0v) is 16.2. The van der Waals surface area contributed by atoms with Gasteiger partial charge in [-0.3, -0.25) is 5.43 Å². The van der Waals surface area contributed by atoms with Crippen LogP contribution in [0.25, 0.3) is 0 Å². The summed E-state index contributed by atoms with van der Waals surface area (Å²) in [5.41, 5.74) is 3.81. The van der Waals surface area contributed by atoms with Crippen molar-refractivity contribution in [2.75, 3.05) is 26.6 Å². The van der Waals surface area contributed by atoms with Gasteiger partial charge in [0.2, 0.25) is 0 Å². The summed E-state index contributed by atoms with van der Waals surface area (Å²) in [6.07, 6.45) is 1.40. The number of hydrogen-bond acceptors (Lipinski definition) is 6. The third-order valence-corrected chi connectivity index (χ3v) is 3.62. The lowest BCUT2D eigenvalue weighted by atomic mass is 10.2. The molecule has 7 nitrogen and oxygen atoms in total. The molecule has 2 rings (SSSR count). The zero-order valence-electron chi connectivity index (χ0n) is 15.4. The van der Waals surface area contributed by atoms with E-state index in [4.69, 9.17) is 26.4 Å². The zero-order chi connectivity index (χ0) is 20.5. The van der Waals surface area contributed by atoms with Crippen molar-refractivity contribution < 1.29 is 27.7 Å². The largest absolute Gasteiger partial charge is 0.493 e. The van der Waals surface area contributed by atoms with Gasteiger partial charge in [0, 0.05) is 11.8 Å². The van der Waals surface area contributed by atoms with E-state index in [0.717, 1.165) is 0 Å². The second-order valence-corrected chi connectivity index (χ2v) is 5.59. The number of nitrogens with one attached hydrogen (secondary N) is 2. The van der Waals surface area contributed by atoms with Gasteiger partial charge in [-0.15, -0.1) is 0 Å². The molecule has 0 bridgehead atoms. The Bertz CT molecular complexity index is 850. The van der Waals surface area contributed by atoms with Gasteiger partial charge in [-0.25, -0.2) is 0 Å². The van der Waals surface area contributed by atoms with Crippen molar-refractivity contribution in [2.45, 2.75) is 6.61 Å². The van der Waals surface area contributed by atoms with E-state index in [1.54, 1.807) is 31.4 Å². The molecule has 0 radical (unpaired) electrons. The number of benzene rings is 2. The minimum Gasteiger partial charge on any atom is -0.493 e. The molecule has 0 saturated carbocycles. The highest BCUT2D eigenvalue weighted by Gasteiger charge is 2.11. The van der Waals surface area contributed by atoms with E-state index in [9.17, 15) is 8.78 Å². The van der Waals surface area contributed by atoms with E-state index in [0.29, 0.717) is 22.7 Å². The maximum absolute atomic E-state index is 12.5. The van der Waals surface area contributed by atoms with E-state index >= 15 is 0 Å². The first-order chi connectivity index (χ1) is 13.5. The summed E-state index contributed by atoms with van der Waals surface area (Å²) in [7, 11) is 4.44. The Balaban J connectivity index is 1.99. The smallest absolute Gasteiger partial charge is 0.387 e. The molecule has 0 spiro atoms. The Morgan fingerprint density at radius 1 is 0.964 bits per heavy atom. The fourth-order valence-corrected chi connectivity index (χ4v) is 2.37. The summed E-state index contributed by atoms with van der Waals surface area (Å²) >= 11 is 5.16. The van der Waals surface area contributed by atoms with Crippen molar-refractivity contribution in [1.82, 2.24) is 5.43 Å². The van der Waals surface area contributed by atoms with E-state index in [2.05, 4.69) is 20.6 Å². The van der Waals surface area contributed by atoms with Crippen LogP contribution in [-0.2, 0) is 0 Å². The molecule has 0 aromatic heterocycles. The van der Waals surface area contributed by atoms with Gasteiger partial charge in [-0.05, 0) is 48.1 Å². The average Bonchev–Trinajstić information content (AvgIpc) is 2.67. The molecule has 0 heterocycles. The van der Waals surface area contributed by atoms with Crippen molar-refractivity contribution in [2.24, 2.45) is 5.10 Å². The standard InChI is InChI=1S/C18H19F2N3O4S/c1-24-13-7-5-12(9-15(13)26-3)22-18(28)23-21-10-11-4-6-14(25-2)16(8-11)27-17(19)20/h4-10,17H,1-3H3,(H2,22,23,28)/b21-10-.